The zero-order valence-corrected chi connectivity index (χ0v) is 9.16. The van der Waals surface area contributed by atoms with Gasteiger partial charge in [-0.1, -0.05) is 0 Å². The van der Waals surface area contributed by atoms with Gasteiger partial charge < -0.3 is 9.47 Å². The molecule has 0 bridgehead atoms. The Kier molecular flexibility index (Phi) is 2.13. The Morgan fingerprint density at radius 2 is 2.11 bits per heavy atom. The standard InChI is InChI=1S/C10H6F4N3O2/c11-10(12)16-6-1-9-8(2-7(6)17(10,13)14)18-4-5(3-15)19-9/h1-2,5,16H,4H2/q+1. The van der Waals surface area contributed by atoms with Gasteiger partial charge in [-0.25, -0.2) is 0 Å². The molecule has 19 heavy (non-hydrogen) atoms. The molecule has 0 spiro atoms. The van der Waals surface area contributed by atoms with E-state index in [1.807, 2.05) is 0 Å². The third-order valence-corrected chi connectivity index (χ3v) is 2.81. The van der Waals surface area contributed by atoms with Gasteiger partial charge in [0.25, 0.3) is 0 Å². The number of anilines is 1. The van der Waals surface area contributed by atoms with E-state index in [1.54, 1.807) is 6.07 Å². The number of nitriles is 1. The highest BCUT2D eigenvalue weighted by Gasteiger charge is 2.69. The first kappa shape index (κ1) is 11.9. The number of alkyl halides is 2. The second-order valence-electron chi connectivity index (χ2n) is 4.04. The predicted octanol–water partition coefficient (Wildman–Crippen LogP) is 2.40. The molecular formula is C10H6F4N3O2+. The van der Waals surface area contributed by atoms with Crippen LogP contribution in [0.4, 0.5) is 29.1 Å². The van der Waals surface area contributed by atoms with Crippen LogP contribution in [0.5, 0.6) is 11.5 Å². The number of ether oxygens (including phenoxy) is 2. The number of benzene rings is 1. The van der Waals surface area contributed by atoms with Crippen LogP contribution in [0.1, 0.15) is 0 Å². The lowest BCUT2D eigenvalue weighted by Crippen LogP contribution is -2.48. The summed E-state index contributed by atoms with van der Waals surface area (Å²) in [5.74, 6) is -0.121. The van der Waals surface area contributed by atoms with Gasteiger partial charge in [-0.05, 0) is 0 Å². The highest BCUT2D eigenvalue weighted by atomic mass is 19.4. The molecule has 1 unspecified atom stereocenters. The lowest BCUT2D eigenvalue weighted by Gasteiger charge is -2.22. The number of fused-ring (bicyclic) bond motifs is 2. The summed E-state index contributed by atoms with van der Waals surface area (Å²) in [6.07, 6.45) is -5.33. The first-order valence-electron chi connectivity index (χ1n) is 5.17. The van der Waals surface area contributed by atoms with Gasteiger partial charge in [0.1, 0.15) is 18.4 Å². The van der Waals surface area contributed by atoms with Crippen molar-refractivity contribution in [3.05, 3.63) is 12.1 Å². The van der Waals surface area contributed by atoms with Crippen molar-refractivity contribution in [1.29, 1.82) is 5.26 Å². The lowest BCUT2D eigenvalue weighted by atomic mass is 10.2. The molecule has 100 valence electrons. The van der Waals surface area contributed by atoms with Crippen molar-refractivity contribution in [3.63, 3.8) is 0 Å². The lowest BCUT2D eigenvalue weighted by molar-refractivity contribution is -0.296. The Morgan fingerprint density at radius 3 is 2.79 bits per heavy atom. The Hall–Kier alpha value is -2.21. The molecule has 2 heterocycles. The van der Waals surface area contributed by atoms with Crippen LogP contribution in [0.3, 0.4) is 0 Å². The van der Waals surface area contributed by atoms with E-state index in [9.17, 15) is 17.7 Å². The molecule has 2 aliphatic rings. The fourth-order valence-corrected chi connectivity index (χ4v) is 1.89. The number of hydrogen-bond acceptors (Lipinski definition) is 4. The Labute approximate surface area is 104 Å². The van der Waals surface area contributed by atoms with Crippen molar-refractivity contribution in [2.24, 2.45) is 0 Å². The van der Waals surface area contributed by atoms with Crippen LogP contribution < -0.4 is 19.7 Å². The molecule has 0 fully saturated rings. The van der Waals surface area contributed by atoms with Crippen LogP contribution in [0.25, 0.3) is 0 Å². The summed E-state index contributed by atoms with van der Waals surface area (Å²) in [4.78, 5) is -3.61. The molecule has 0 amide bonds. The van der Waals surface area contributed by atoms with Gasteiger partial charge in [0.05, 0.1) is 15.0 Å². The highest BCUT2D eigenvalue weighted by Crippen LogP contribution is 2.53. The molecule has 0 radical (unpaired) electrons. The number of hydrogen-bond donors (Lipinski definition) is 1. The van der Waals surface area contributed by atoms with E-state index in [0.717, 1.165) is 12.1 Å². The molecule has 0 saturated heterocycles. The van der Waals surface area contributed by atoms with E-state index >= 15 is 0 Å². The molecule has 2 aliphatic heterocycles. The predicted molar refractivity (Wildman–Crippen MR) is 54.5 cm³/mol. The minimum Gasteiger partial charge on any atom is -0.484 e. The van der Waals surface area contributed by atoms with Crippen LogP contribution >= 0.6 is 0 Å². The van der Waals surface area contributed by atoms with Crippen molar-refractivity contribution < 1.29 is 27.2 Å². The van der Waals surface area contributed by atoms with Gasteiger partial charge in [0, 0.05) is 6.07 Å². The average molecular weight is 276 g/mol. The second kappa shape index (κ2) is 3.42. The normalized spacial score (nSPS) is 25.1. The fraction of sp³-hybridized carbons (Fsp3) is 0.300. The summed E-state index contributed by atoms with van der Waals surface area (Å²) in [6, 6.07) is 3.53. The fourth-order valence-electron chi connectivity index (χ4n) is 1.89. The summed E-state index contributed by atoms with van der Waals surface area (Å²) >= 11 is 0. The maximum Gasteiger partial charge on any atom is 0.563 e. The molecule has 3 rings (SSSR count). The molecular weight excluding hydrogens is 270 g/mol. The maximum absolute atomic E-state index is 13.4. The first-order chi connectivity index (χ1) is 8.85. The number of halogens is 4. The molecule has 0 aromatic heterocycles. The van der Waals surface area contributed by atoms with Crippen molar-refractivity contribution >= 4 is 11.4 Å². The van der Waals surface area contributed by atoms with Crippen molar-refractivity contribution in [3.8, 4) is 17.6 Å². The number of quaternary nitrogens is 1. The summed E-state index contributed by atoms with van der Waals surface area (Å²) in [6.45, 7) is -0.148. The van der Waals surface area contributed by atoms with Crippen LogP contribution in [0.15, 0.2) is 12.1 Å². The number of nitrogens with zero attached hydrogens (tertiary/aromatic N) is 2. The van der Waals surface area contributed by atoms with Crippen LogP contribution in [0.2, 0.25) is 0 Å². The highest BCUT2D eigenvalue weighted by molar-refractivity contribution is 5.76. The minimum atomic E-state index is -4.43. The topological polar surface area (TPSA) is 54.3 Å². The smallest absolute Gasteiger partial charge is 0.484 e. The Balaban J connectivity index is 2.08. The summed E-state index contributed by atoms with van der Waals surface area (Å²) in [7, 11) is 0. The van der Waals surface area contributed by atoms with Gasteiger partial charge in [0.2, 0.25) is 11.8 Å². The SMILES string of the molecule is N#CC1COc2cc3c(cc2O1)NC(F)(F)[N+]3(F)F. The molecule has 5 nitrogen and oxygen atoms in total. The third kappa shape index (κ3) is 1.50. The summed E-state index contributed by atoms with van der Waals surface area (Å²) < 4.78 is 63.2. The average Bonchev–Trinajstić information content (AvgIpc) is 2.52. The van der Waals surface area contributed by atoms with Crippen molar-refractivity contribution in [2.45, 2.75) is 12.3 Å². The number of rotatable bonds is 0. The second-order valence-corrected chi connectivity index (χ2v) is 4.04. The quantitative estimate of drug-likeness (QED) is 0.449. The zero-order chi connectivity index (χ0) is 13.8. The zero-order valence-electron chi connectivity index (χ0n) is 9.16. The number of nitrogens with one attached hydrogen (secondary N) is 1. The van der Waals surface area contributed by atoms with Gasteiger partial charge in [0.15, 0.2) is 16.4 Å². The first-order valence-corrected chi connectivity index (χ1v) is 5.17. The van der Waals surface area contributed by atoms with E-state index in [1.165, 1.54) is 5.32 Å². The van der Waals surface area contributed by atoms with E-state index in [2.05, 4.69) is 0 Å². The molecule has 1 aromatic carbocycles. The van der Waals surface area contributed by atoms with E-state index in [4.69, 9.17) is 14.7 Å². The van der Waals surface area contributed by atoms with E-state index in [-0.39, 0.29) is 18.1 Å². The van der Waals surface area contributed by atoms with E-state index < -0.39 is 28.6 Å². The van der Waals surface area contributed by atoms with Crippen LogP contribution in [0, 0.1) is 11.3 Å². The molecule has 1 aromatic rings. The monoisotopic (exact) mass is 276 g/mol. The van der Waals surface area contributed by atoms with Crippen molar-refractivity contribution in [1.82, 2.24) is 4.93 Å². The van der Waals surface area contributed by atoms with Gasteiger partial charge in [-0.2, -0.15) is 5.26 Å². The van der Waals surface area contributed by atoms with Crippen LogP contribution in [-0.4, -0.2) is 18.9 Å². The minimum absolute atomic E-state index is 0.0262. The van der Waals surface area contributed by atoms with Gasteiger partial charge in [-0.15, -0.1) is 8.78 Å². The summed E-state index contributed by atoms with van der Waals surface area (Å²) in [5, 5.41) is 10.1. The molecule has 0 aliphatic carbocycles. The van der Waals surface area contributed by atoms with Gasteiger partial charge >= 0.3 is 6.17 Å². The molecule has 1 N–H and O–H groups in total. The molecule has 1 atom stereocenters. The largest absolute Gasteiger partial charge is 0.563 e. The third-order valence-electron chi connectivity index (χ3n) is 2.81. The van der Waals surface area contributed by atoms with Crippen molar-refractivity contribution in [2.75, 3.05) is 11.9 Å². The summed E-state index contributed by atoms with van der Waals surface area (Å²) in [5.41, 5.74) is -1.38. The molecule has 0 saturated carbocycles. The van der Waals surface area contributed by atoms with E-state index in [0.29, 0.717) is 0 Å². The Morgan fingerprint density at radius 1 is 1.37 bits per heavy atom. The molecule has 9 heteroatoms. The Bertz CT molecular complexity index is 599. The van der Waals surface area contributed by atoms with Crippen LogP contribution in [-0.2, 0) is 0 Å². The maximum atomic E-state index is 13.4. The van der Waals surface area contributed by atoms with Gasteiger partial charge in [-0.3, -0.25) is 5.32 Å².